The highest BCUT2D eigenvalue weighted by Crippen LogP contribution is 2.28. The smallest absolute Gasteiger partial charge is 0.159 e. The van der Waals surface area contributed by atoms with Gasteiger partial charge in [-0.1, -0.05) is 13.8 Å². The van der Waals surface area contributed by atoms with Gasteiger partial charge in [-0.05, 0) is 30.2 Å². The summed E-state index contributed by atoms with van der Waals surface area (Å²) in [6, 6.07) is 7.89. The van der Waals surface area contributed by atoms with Crippen molar-refractivity contribution in [1.29, 1.82) is 0 Å². The lowest BCUT2D eigenvalue weighted by Crippen LogP contribution is -2.44. The molecule has 0 radical (unpaired) electrons. The molecule has 0 unspecified atom stereocenters. The molecular weight excluding hydrogens is 288 g/mol. The van der Waals surface area contributed by atoms with Crippen LogP contribution in [0.2, 0.25) is 0 Å². The van der Waals surface area contributed by atoms with Crippen molar-refractivity contribution in [3.8, 4) is 17.1 Å². The normalized spacial score (nSPS) is 15.0. The molecule has 122 valence electrons. The van der Waals surface area contributed by atoms with Crippen molar-refractivity contribution >= 4 is 5.69 Å². The lowest BCUT2D eigenvalue weighted by molar-refractivity contribution is 0.415. The summed E-state index contributed by atoms with van der Waals surface area (Å²) < 4.78 is 5.21. The van der Waals surface area contributed by atoms with Crippen LogP contribution in [-0.4, -0.2) is 43.3 Å². The number of hydrogen-bond acceptors (Lipinski definition) is 5. The fourth-order valence-electron chi connectivity index (χ4n) is 2.84. The van der Waals surface area contributed by atoms with Crippen molar-refractivity contribution in [2.24, 2.45) is 0 Å². The number of nitrogens with zero attached hydrogens (tertiary/aromatic N) is 3. The molecule has 1 fully saturated rings. The summed E-state index contributed by atoms with van der Waals surface area (Å²) >= 11 is 0. The van der Waals surface area contributed by atoms with Gasteiger partial charge in [-0.25, -0.2) is 9.97 Å². The van der Waals surface area contributed by atoms with Gasteiger partial charge in [0.15, 0.2) is 5.82 Å². The maximum absolute atomic E-state index is 5.21. The van der Waals surface area contributed by atoms with E-state index in [4.69, 9.17) is 9.72 Å². The van der Waals surface area contributed by atoms with Gasteiger partial charge in [0.2, 0.25) is 0 Å². The van der Waals surface area contributed by atoms with Crippen molar-refractivity contribution in [3.63, 3.8) is 0 Å². The van der Waals surface area contributed by atoms with Gasteiger partial charge in [0.05, 0.1) is 24.7 Å². The van der Waals surface area contributed by atoms with Crippen LogP contribution in [0.3, 0.4) is 0 Å². The minimum absolute atomic E-state index is 0.361. The second-order valence-electron chi connectivity index (χ2n) is 6.08. The average molecular weight is 312 g/mol. The third-order valence-corrected chi connectivity index (χ3v) is 4.15. The first-order valence-corrected chi connectivity index (χ1v) is 8.16. The molecule has 1 aromatic heterocycles. The van der Waals surface area contributed by atoms with Crippen molar-refractivity contribution in [1.82, 2.24) is 15.3 Å². The zero-order valence-corrected chi connectivity index (χ0v) is 14.0. The Bertz CT molecular complexity index is 649. The first kappa shape index (κ1) is 15.7. The summed E-state index contributed by atoms with van der Waals surface area (Å²) in [6.07, 6.45) is 1.98. The Hall–Kier alpha value is -2.14. The molecule has 0 amide bonds. The SMILES string of the molecule is COc1ccc(-c2ncc(N3CCNCC3)c(C(C)C)n2)cc1. The third kappa shape index (κ3) is 3.45. The summed E-state index contributed by atoms with van der Waals surface area (Å²) in [5.41, 5.74) is 3.30. The number of anilines is 1. The molecule has 0 aliphatic carbocycles. The van der Waals surface area contributed by atoms with Gasteiger partial charge >= 0.3 is 0 Å². The van der Waals surface area contributed by atoms with E-state index in [2.05, 4.69) is 29.0 Å². The van der Waals surface area contributed by atoms with Crippen molar-refractivity contribution in [2.45, 2.75) is 19.8 Å². The molecule has 0 bridgehead atoms. The molecule has 2 heterocycles. The molecule has 0 saturated carbocycles. The van der Waals surface area contributed by atoms with Gasteiger partial charge < -0.3 is 15.0 Å². The Morgan fingerprint density at radius 1 is 1.13 bits per heavy atom. The fourth-order valence-corrected chi connectivity index (χ4v) is 2.84. The van der Waals surface area contributed by atoms with Crippen LogP contribution < -0.4 is 15.0 Å². The Kier molecular flexibility index (Phi) is 4.76. The minimum atomic E-state index is 0.361. The van der Waals surface area contributed by atoms with Gasteiger partial charge in [-0.3, -0.25) is 0 Å². The van der Waals surface area contributed by atoms with E-state index >= 15 is 0 Å². The predicted octanol–water partition coefficient (Wildman–Crippen LogP) is 2.69. The van der Waals surface area contributed by atoms with Crippen LogP contribution in [0.15, 0.2) is 30.5 Å². The quantitative estimate of drug-likeness (QED) is 0.940. The van der Waals surface area contributed by atoms with Gasteiger partial charge in [-0.15, -0.1) is 0 Å². The molecule has 1 aliphatic heterocycles. The molecule has 1 aliphatic rings. The molecule has 3 rings (SSSR count). The van der Waals surface area contributed by atoms with Gasteiger partial charge in [0.25, 0.3) is 0 Å². The predicted molar refractivity (Wildman–Crippen MR) is 93.2 cm³/mol. The Labute approximate surface area is 137 Å². The largest absolute Gasteiger partial charge is 0.497 e. The summed E-state index contributed by atoms with van der Waals surface area (Å²) in [4.78, 5) is 11.8. The third-order valence-electron chi connectivity index (χ3n) is 4.15. The maximum atomic E-state index is 5.21. The van der Waals surface area contributed by atoms with Gasteiger partial charge in [0.1, 0.15) is 5.75 Å². The standard InChI is InChI=1S/C18H24N4O/c1-13(2)17-16(22-10-8-19-9-11-22)12-20-18(21-17)14-4-6-15(23-3)7-5-14/h4-7,12-13,19H,8-11H2,1-3H3. The highest BCUT2D eigenvalue weighted by molar-refractivity contribution is 5.60. The number of methoxy groups -OCH3 is 1. The highest BCUT2D eigenvalue weighted by Gasteiger charge is 2.18. The first-order chi connectivity index (χ1) is 11.2. The summed E-state index contributed by atoms with van der Waals surface area (Å²) in [7, 11) is 1.67. The van der Waals surface area contributed by atoms with Crippen molar-refractivity contribution in [2.75, 3.05) is 38.2 Å². The van der Waals surface area contributed by atoms with Crippen LogP contribution in [0.25, 0.3) is 11.4 Å². The molecule has 23 heavy (non-hydrogen) atoms. The van der Waals surface area contributed by atoms with E-state index in [1.807, 2.05) is 30.5 Å². The van der Waals surface area contributed by atoms with E-state index in [1.165, 1.54) is 5.69 Å². The molecule has 0 spiro atoms. The van der Waals surface area contributed by atoms with E-state index in [1.54, 1.807) is 7.11 Å². The van der Waals surface area contributed by atoms with Crippen molar-refractivity contribution < 1.29 is 4.74 Å². The lowest BCUT2D eigenvalue weighted by Gasteiger charge is -2.31. The molecule has 5 heteroatoms. The van der Waals surface area contributed by atoms with Crippen LogP contribution in [-0.2, 0) is 0 Å². The van der Waals surface area contributed by atoms with Crippen molar-refractivity contribution in [3.05, 3.63) is 36.2 Å². The minimum Gasteiger partial charge on any atom is -0.497 e. The number of rotatable bonds is 4. The van der Waals surface area contributed by atoms with E-state index in [0.29, 0.717) is 5.92 Å². The number of aromatic nitrogens is 2. The number of ether oxygens (including phenoxy) is 1. The van der Waals surface area contributed by atoms with Crippen LogP contribution in [0.1, 0.15) is 25.5 Å². The number of benzene rings is 1. The van der Waals surface area contributed by atoms with Gasteiger partial charge in [0, 0.05) is 31.7 Å². The zero-order chi connectivity index (χ0) is 16.2. The van der Waals surface area contributed by atoms with Crippen LogP contribution in [0.4, 0.5) is 5.69 Å². The Balaban J connectivity index is 1.94. The molecule has 1 N–H and O–H groups in total. The lowest BCUT2D eigenvalue weighted by atomic mass is 10.1. The molecular formula is C18H24N4O. The number of hydrogen-bond donors (Lipinski definition) is 1. The molecule has 5 nitrogen and oxygen atoms in total. The van der Waals surface area contributed by atoms with E-state index in [-0.39, 0.29) is 0 Å². The molecule has 1 aromatic carbocycles. The Morgan fingerprint density at radius 3 is 2.43 bits per heavy atom. The van der Waals surface area contributed by atoms with E-state index in [0.717, 1.165) is 49.0 Å². The highest BCUT2D eigenvalue weighted by atomic mass is 16.5. The zero-order valence-electron chi connectivity index (χ0n) is 14.0. The van der Waals surface area contributed by atoms with Crippen LogP contribution in [0.5, 0.6) is 5.75 Å². The fraction of sp³-hybridized carbons (Fsp3) is 0.444. The van der Waals surface area contributed by atoms with Gasteiger partial charge in [-0.2, -0.15) is 0 Å². The van der Waals surface area contributed by atoms with E-state index < -0.39 is 0 Å². The number of piperazine rings is 1. The van der Waals surface area contributed by atoms with E-state index in [9.17, 15) is 0 Å². The maximum Gasteiger partial charge on any atom is 0.159 e. The molecule has 0 atom stereocenters. The number of nitrogens with one attached hydrogen (secondary N) is 1. The molecule has 1 saturated heterocycles. The average Bonchev–Trinajstić information content (AvgIpc) is 2.62. The topological polar surface area (TPSA) is 50.3 Å². The van der Waals surface area contributed by atoms with Crippen LogP contribution >= 0.6 is 0 Å². The summed E-state index contributed by atoms with van der Waals surface area (Å²) in [6.45, 7) is 8.41. The Morgan fingerprint density at radius 2 is 1.83 bits per heavy atom. The first-order valence-electron chi connectivity index (χ1n) is 8.16. The molecule has 2 aromatic rings. The summed E-state index contributed by atoms with van der Waals surface area (Å²) in [5, 5.41) is 3.39. The van der Waals surface area contributed by atoms with Crippen LogP contribution in [0, 0.1) is 0 Å². The monoisotopic (exact) mass is 312 g/mol. The second kappa shape index (κ2) is 6.96. The summed E-state index contributed by atoms with van der Waals surface area (Å²) in [5.74, 6) is 1.98. The second-order valence-corrected chi connectivity index (χ2v) is 6.08.